The third-order valence-electron chi connectivity index (χ3n) is 6.44. The molecule has 0 saturated heterocycles. The first-order valence-corrected chi connectivity index (χ1v) is 14.0. The van der Waals surface area contributed by atoms with Gasteiger partial charge in [-0.1, -0.05) is 72.8 Å². The van der Waals surface area contributed by atoms with Crippen molar-refractivity contribution < 1.29 is 19.1 Å². The Morgan fingerprint density at radius 3 is 2.33 bits per heavy atom. The van der Waals surface area contributed by atoms with Crippen molar-refractivity contribution in [2.45, 2.75) is 45.3 Å². The lowest BCUT2D eigenvalue weighted by molar-refractivity contribution is -0.143. The minimum absolute atomic E-state index is 0.216. The topological polar surface area (TPSA) is 67.9 Å². The third kappa shape index (κ3) is 7.63. The predicted octanol–water partition coefficient (Wildman–Crippen LogP) is 6.54. The SMILES string of the molecule is COc1cccc(CN(C(=O)COc2ccc3ccccc3c2Br)C(Cc2ccccc2)C(=O)NC(C)(C)C)c1. The minimum Gasteiger partial charge on any atom is -0.497 e. The molecule has 0 aromatic heterocycles. The van der Waals surface area contributed by atoms with Crippen LogP contribution in [0.2, 0.25) is 0 Å². The molecule has 6 nitrogen and oxygen atoms in total. The molecule has 208 valence electrons. The molecule has 4 aromatic rings. The van der Waals surface area contributed by atoms with E-state index in [4.69, 9.17) is 9.47 Å². The van der Waals surface area contributed by atoms with Crippen molar-refractivity contribution >= 4 is 38.5 Å². The van der Waals surface area contributed by atoms with Crippen LogP contribution in [-0.2, 0) is 22.6 Å². The van der Waals surface area contributed by atoms with E-state index < -0.39 is 11.6 Å². The summed E-state index contributed by atoms with van der Waals surface area (Å²) in [5, 5.41) is 5.14. The second-order valence-corrected chi connectivity index (χ2v) is 11.5. The number of carbonyl (C=O) groups is 2. The summed E-state index contributed by atoms with van der Waals surface area (Å²) in [5.74, 6) is 0.722. The van der Waals surface area contributed by atoms with Gasteiger partial charge in [-0.3, -0.25) is 9.59 Å². The molecule has 1 atom stereocenters. The van der Waals surface area contributed by atoms with Crippen LogP contribution in [0, 0.1) is 0 Å². The highest BCUT2D eigenvalue weighted by molar-refractivity contribution is 9.10. The minimum atomic E-state index is -0.760. The second-order valence-electron chi connectivity index (χ2n) is 10.7. The monoisotopic (exact) mass is 602 g/mol. The molecule has 0 aliphatic carbocycles. The molecule has 40 heavy (non-hydrogen) atoms. The van der Waals surface area contributed by atoms with Gasteiger partial charge in [-0.2, -0.15) is 0 Å². The molecule has 0 saturated carbocycles. The molecule has 2 amide bonds. The van der Waals surface area contributed by atoms with E-state index in [1.165, 1.54) is 0 Å². The molecule has 0 aliphatic rings. The summed E-state index contributed by atoms with van der Waals surface area (Å²) in [4.78, 5) is 29.3. The lowest BCUT2D eigenvalue weighted by Gasteiger charge is -2.34. The van der Waals surface area contributed by atoms with E-state index in [0.717, 1.165) is 26.4 Å². The quantitative estimate of drug-likeness (QED) is 0.224. The summed E-state index contributed by atoms with van der Waals surface area (Å²) in [6, 6.07) is 28.3. The van der Waals surface area contributed by atoms with Crippen molar-refractivity contribution in [3.8, 4) is 11.5 Å². The van der Waals surface area contributed by atoms with Crippen molar-refractivity contribution in [2.75, 3.05) is 13.7 Å². The Morgan fingerprint density at radius 2 is 1.60 bits per heavy atom. The number of carbonyl (C=O) groups excluding carboxylic acids is 2. The number of benzene rings is 4. The number of rotatable bonds is 10. The van der Waals surface area contributed by atoms with Gasteiger partial charge in [-0.15, -0.1) is 0 Å². The van der Waals surface area contributed by atoms with Crippen LogP contribution >= 0.6 is 15.9 Å². The molecule has 7 heteroatoms. The Morgan fingerprint density at radius 1 is 0.900 bits per heavy atom. The first-order valence-electron chi connectivity index (χ1n) is 13.2. The summed E-state index contributed by atoms with van der Waals surface area (Å²) in [5.41, 5.74) is 1.34. The third-order valence-corrected chi connectivity index (χ3v) is 7.25. The van der Waals surface area contributed by atoms with E-state index in [1.807, 2.05) is 112 Å². The number of nitrogens with zero attached hydrogens (tertiary/aromatic N) is 1. The van der Waals surface area contributed by atoms with Gasteiger partial charge in [0.25, 0.3) is 5.91 Å². The van der Waals surface area contributed by atoms with Gasteiger partial charge >= 0.3 is 0 Å². The molecule has 0 heterocycles. The molecule has 0 radical (unpaired) electrons. The lowest BCUT2D eigenvalue weighted by Crippen LogP contribution is -2.55. The number of hydrogen-bond donors (Lipinski definition) is 1. The maximum absolute atomic E-state index is 13.9. The Kier molecular flexibility index (Phi) is 9.48. The highest BCUT2D eigenvalue weighted by Gasteiger charge is 2.32. The van der Waals surface area contributed by atoms with Gasteiger partial charge in [-0.25, -0.2) is 0 Å². The van der Waals surface area contributed by atoms with Crippen LogP contribution in [0.15, 0.2) is 95.5 Å². The van der Waals surface area contributed by atoms with Gasteiger partial charge in [0.2, 0.25) is 5.91 Å². The maximum Gasteiger partial charge on any atom is 0.261 e. The van der Waals surface area contributed by atoms with Crippen LogP contribution in [-0.4, -0.2) is 42.0 Å². The molecule has 4 rings (SSSR count). The zero-order valence-corrected chi connectivity index (χ0v) is 24.9. The molecule has 4 aromatic carbocycles. The fourth-order valence-electron chi connectivity index (χ4n) is 4.52. The maximum atomic E-state index is 13.9. The number of methoxy groups -OCH3 is 1. The summed E-state index contributed by atoms with van der Waals surface area (Å²) in [6.45, 7) is 5.78. The van der Waals surface area contributed by atoms with E-state index in [0.29, 0.717) is 17.9 Å². The molecular formula is C33H35BrN2O4. The van der Waals surface area contributed by atoms with Crippen LogP contribution in [0.4, 0.5) is 0 Å². The van der Waals surface area contributed by atoms with Crippen molar-refractivity contribution in [2.24, 2.45) is 0 Å². The number of halogens is 1. The smallest absolute Gasteiger partial charge is 0.261 e. The molecule has 0 aliphatic heterocycles. The zero-order chi connectivity index (χ0) is 28.7. The fraction of sp³-hybridized carbons (Fsp3) is 0.273. The number of amides is 2. The molecule has 0 bridgehead atoms. The Balaban J connectivity index is 1.67. The second kappa shape index (κ2) is 13.0. The van der Waals surface area contributed by atoms with Crippen LogP contribution in [0.5, 0.6) is 11.5 Å². The first-order chi connectivity index (χ1) is 19.1. The average molecular weight is 604 g/mol. The number of fused-ring (bicyclic) bond motifs is 1. The van der Waals surface area contributed by atoms with Crippen LogP contribution in [0.1, 0.15) is 31.9 Å². The van der Waals surface area contributed by atoms with Crippen LogP contribution in [0.3, 0.4) is 0 Å². The normalized spacial score (nSPS) is 12.0. The molecule has 1 N–H and O–H groups in total. The van der Waals surface area contributed by atoms with Crippen molar-refractivity contribution in [1.29, 1.82) is 0 Å². The van der Waals surface area contributed by atoms with Crippen molar-refractivity contribution in [3.63, 3.8) is 0 Å². The van der Waals surface area contributed by atoms with Crippen LogP contribution < -0.4 is 14.8 Å². The summed E-state index contributed by atoms with van der Waals surface area (Å²) in [7, 11) is 1.60. The summed E-state index contributed by atoms with van der Waals surface area (Å²) < 4.78 is 12.2. The zero-order valence-electron chi connectivity index (χ0n) is 23.3. The molecular weight excluding hydrogens is 568 g/mol. The Labute approximate surface area is 244 Å². The van der Waals surface area contributed by atoms with Gasteiger partial charge in [0.15, 0.2) is 6.61 Å². The van der Waals surface area contributed by atoms with Gasteiger partial charge in [0.1, 0.15) is 17.5 Å². The van der Waals surface area contributed by atoms with Gasteiger partial charge in [0.05, 0.1) is 11.6 Å². The Hall–Kier alpha value is -3.84. The number of ether oxygens (including phenoxy) is 2. The van der Waals surface area contributed by atoms with E-state index in [-0.39, 0.29) is 25.0 Å². The average Bonchev–Trinajstić information content (AvgIpc) is 2.94. The van der Waals surface area contributed by atoms with Gasteiger partial charge < -0.3 is 19.7 Å². The summed E-state index contributed by atoms with van der Waals surface area (Å²) >= 11 is 3.64. The predicted molar refractivity (Wildman–Crippen MR) is 163 cm³/mol. The van der Waals surface area contributed by atoms with Gasteiger partial charge in [0, 0.05) is 18.5 Å². The van der Waals surface area contributed by atoms with Crippen molar-refractivity contribution in [3.05, 3.63) is 107 Å². The van der Waals surface area contributed by atoms with Crippen LogP contribution in [0.25, 0.3) is 10.8 Å². The summed E-state index contributed by atoms with van der Waals surface area (Å²) in [6.07, 6.45) is 0.359. The largest absolute Gasteiger partial charge is 0.497 e. The van der Waals surface area contributed by atoms with Gasteiger partial charge in [-0.05, 0) is 76.8 Å². The molecule has 0 fully saturated rings. The Bertz CT molecular complexity index is 1470. The first kappa shape index (κ1) is 29.2. The molecule has 0 spiro atoms. The highest BCUT2D eigenvalue weighted by Crippen LogP contribution is 2.33. The van der Waals surface area contributed by atoms with E-state index >= 15 is 0 Å². The van der Waals surface area contributed by atoms with E-state index in [9.17, 15) is 9.59 Å². The standard InChI is InChI=1S/C33H35BrN2O4/c1-33(2,3)35-32(38)28(20-23-11-6-5-7-12-23)36(21-24-13-10-15-26(19-24)39-4)30(37)22-40-29-18-17-25-14-8-9-16-27(25)31(29)34/h5-19,28H,20-22H2,1-4H3,(H,35,38). The number of hydrogen-bond acceptors (Lipinski definition) is 4. The highest BCUT2D eigenvalue weighted by atomic mass is 79.9. The number of nitrogens with one attached hydrogen (secondary N) is 1. The van der Waals surface area contributed by atoms with Crippen molar-refractivity contribution in [1.82, 2.24) is 10.2 Å². The fourth-order valence-corrected chi connectivity index (χ4v) is 5.13. The van der Waals surface area contributed by atoms with E-state index in [1.54, 1.807) is 12.0 Å². The molecule has 1 unspecified atom stereocenters. The lowest BCUT2D eigenvalue weighted by atomic mass is 10.0. The van der Waals surface area contributed by atoms with E-state index in [2.05, 4.69) is 21.2 Å².